The average Bonchev–Trinajstić information content (AvgIpc) is 3.13. The second kappa shape index (κ2) is 5.33. The minimum atomic E-state index is -4.79. The van der Waals surface area contributed by atoms with Crippen LogP contribution in [0.3, 0.4) is 0 Å². The summed E-state index contributed by atoms with van der Waals surface area (Å²) in [6, 6.07) is 3.61. The van der Waals surface area contributed by atoms with E-state index in [1.54, 1.807) is 0 Å². The molecule has 112 valence electrons. The van der Waals surface area contributed by atoms with Gasteiger partial charge in [-0.25, -0.2) is 0 Å². The zero-order chi connectivity index (χ0) is 15.0. The Morgan fingerprint density at radius 2 is 2.00 bits per heavy atom. The van der Waals surface area contributed by atoms with Crippen molar-refractivity contribution < 1.29 is 27.8 Å². The molecule has 0 radical (unpaired) electrons. The predicted molar refractivity (Wildman–Crippen MR) is 67.1 cm³/mol. The van der Waals surface area contributed by atoms with Crippen molar-refractivity contribution in [1.29, 1.82) is 0 Å². The molecule has 1 aromatic carbocycles. The molecule has 0 spiro atoms. The van der Waals surface area contributed by atoms with Crippen molar-refractivity contribution in [1.82, 2.24) is 0 Å². The molecule has 1 atom stereocenters. The second-order valence-corrected chi connectivity index (χ2v) is 5.20. The Bertz CT molecular complexity index is 484. The van der Waals surface area contributed by atoms with Crippen LogP contribution < -0.4 is 9.47 Å². The first-order valence-corrected chi connectivity index (χ1v) is 6.60. The van der Waals surface area contributed by atoms with Gasteiger partial charge in [0.1, 0.15) is 17.1 Å². The number of benzene rings is 1. The summed E-state index contributed by atoms with van der Waals surface area (Å²) >= 11 is 5.67. The smallest absolute Gasteiger partial charge is 0.490 e. The molecule has 1 aliphatic rings. The van der Waals surface area contributed by atoms with Crippen LogP contribution in [0.1, 0.15) is 25.3 Å². The van der Waals surface area contributed by atoms with Gasteiger partial charge in [0.15, 0.2) is 0 Å². The fraction of sp³-hybridized carbons (Fsp3) is 0.538. The van der Waals surface area contributed by atoms with Crippen LogP contribution in [0.5, 0.6) is 11.5 Å². The number of hydrogen-bond donors (Lipinski definition) is 1. The van der Waals surface area contributed by atoms with Gasteiger partial charge in [-0.2, -0.15) is 0 Å². The molecule has 20 heavy (non-hydrogen) atoms. The molecule has 0 aromatic heterocycles. The Hall–Kier alpha value is -1.14. The van der Waals surface area contributed by atoms with Crippen LogP contribution in [0.4, 0.5) is 13.2 Å². The molecule has 1 fully saturated rings. The lowest BCUT2D eigenvalue weighted by molar-refractivity contribution is -0.274. The molecule has 1 saturated carbocycles. The van der Waals surface area contributed by atoms with Crippen molar-refractivity contribution in [3.05, 3.63) is 23.8 Å². The number of ether oxygens (including phenoxy) is 2. The van der Waals surface area contributed by atoms with E-state index in [1.807, 2.05) is 0 Å². The van der Waals surface area contributed by atoms with Crippen molar-refractivity contribution in [3.8, 4) is 11.5 Å². The topological polar surface area (TPSA) is 38.7 Å². The first-order valence-electron chi connectivity index (χ1n) is 6.06. The molecule has 7 heteroatoms. The van der Waals surface area contributed by atoms with Crippen LogP contribution in [0, 0.1) is 0 Å². The van der Waals surface area contributed by atoms with Gasteiger partial charge in [0.05, 0.1) is 12.0 Å². The van der Waals surface area contributed by atoms with Crippen LogP contribution in [-0.4, -0.2) is 23.5 Å². The Morgan fingerprint density at radius 1 is 1.35 bits per heavy atom. The maximum Gasteiger partial charge on any atom is 0.573 e. The van der Waals surface area contributed by atoms with Crippen LogP contribution in [0.2, 0.25) is 0 Å². The lowest BCUT2D eigenvalue weighted by Gasteiger charge is -2.24. The molecule has 0 amide bonds. The fourth-order valence-corrected chi connectivity index (χ4v) is 1.81. The van der Waals surface area contributed by atoms with Crippen molar-refractivity contribution in [2.24, 2.45) is 0 Å². The molecule has 2 rings (SSSR count). The first-order chi connectivity index (χ1) is 9.21. The van der Waals surface area contributed by atoms with Crippen LogP contribution in [-0.2, 0) is 5.60 Å². The lowest BCUT2D eigenvalue weighted by atomic mass is 9.97. The molecule has 1 aromatic rings. The largest absolute Gasteiger partial charge is 0.573 e. The molecular weight excluding hydrogens is 297 g/mol. The highest BCUT2D eigenvalue weighted by atomic mass is 35.5. The summed E-state index contributed by atoms with van der Waals surface area (Å²) in [5, 5.41) is 10.2. The van der Waals surface area contributed by atoms with Crippen LogP contribution in [0.15, 0.2) is 18.2 Å². The summed E-state index contributed by atoms with van der Waals surface area (Å²) in [4.78, 5) is 0. The van der Waals surface area contributed by atoms with Gasteiger partial charge in [0, 0.05) is 5.56 Å². The molecule has 0 bridgehead atoms. The van der Waals surface area contributed by atoms with Crippen molar-refractivity contribution in [3.63, 3.8) is 0 Å². The Morgan fingerprint density at radius 3 is 2.50 bits per heavy atom. The van der Waals surface area contributed by atoms with Gasteiger partial charge < -0.3 is 14.6 Å². The minimum Gasteiger partial charge on any atom is -0.490 e. The summed E-state index contributed by atoms with van der Waals surface area (Å²) in [5.74, 6) is -0.266. The van der Waals surface area contributed by atoms with Crippen molar-refractivity contribution in [2.45, 2.75) is 37.8 Å². The van der Waals surface area contributed by atoms with Crippen molar-refractivity contribution >= 4 is 11.6 Å². The zero-order valence-corrected chi connectivity index (χ0v) is 11.5. The lowest BCUT2D eigenvalue weighted by Crippen LogP contribution is -2.25. The Balaban J connectivity index is 2.33. The number of alkyl halides is 4. The van der Waals surface area contributed by atoms with E-state index in [-0.39, 0.29) is 17.5 Å². The van der Waals surface area contributed by atoms with Gasteiger partial charge in [-0.05, 0) is 38.0 Å². The summed E-state index contributed by atoms with van der Waals surface area (Å²) in [6.07, 6.45) is -2.95. The van der Waals surface area contributed by atoms with Gasteiger partial charge in [-0.1, -0.05) is 0 Å². The third kappa shape index (κ3) is 3.93. The van der Waals surface area contributed by atoms with E-state index < -0.39 is 17.7 Å². The zero-order valence-electron chi connectivity index (χ0n) is 10.7. The summed E-state index contributed by atoms with van der Waals surface area (Å²) in [7, 11) is 0. The Labute approximate surface area is 119 Å². The third-order valence-corrected chi connectivity index (χ3v) is 3.36. The number of aliphatic hydroxyl groups is 1. The van der Waals surface area contributed by atoms with E-state index in [2.05, 4.69) is 4.74 Å². The molecule has 1 N–H and O–H groups in total. The van der Waals surface area contributed by atoms with Gasteiger partial charge in [0.2, 0.25) is 0 Å². The van der Waals surface area contributed by atoms with Crippen LogP contribution >= 0.6 is 11.6 Å². The van der Waals surface area contributed by atoms with E-state index in [0.717, 1.165) is 25.0 Å². The van der Waals surface area contributed by atoms with Gasteiger partial charge in [-0.3, -0.25) is 0 Å². The second-order valence-electron chi connectivity index (χ2n) is 4.93. The quantitative estimate of drug-likeness (QED) is 0.845. The maximum atomic E-state index is 12.2. The van der Waals surface area contributed by atoms with E-state index in [4.69, 9.17) is 16.3 Å². The maximum absolute atomic E-state index is 12.2. The van der Waals surface area contributed by atoms with Gasteiger partial charge in [-0.15, -0.1) is 24.8 Å². The molecule has 0 aliphatic heterocycles. The van der Waals surface area contributed by atoms with Crippen LogP contribution in [0.25, 0.3) is 0 Å². The highest BCUT2D eigenvalue weighted by molar-refractivity contribution is 6.18. The predicted octanol–water partition coefficient (Wildman–Crippen LogP) is 3.57. The summed E-state index contributed by atoms with van der Waals surface area (Å²) < 4.78 is 46.1. The number of rotatable bonds is 5. The molecule has 0 heterocycles. The van der Waals surface area contributed by atoms with E-state index >= 15 is 0 Å². The van der Waals surface area contributed by atoms with Gasteiger partial charge >= 0.3 is 6.36 Å². The first kappa shape index (κ1) is 15.3. The van der Waals surface area contributed by atoms with Crippen molar-refractivity contribution in [2.75, 3.05) is 5.88 Å². The number of halogens is 4. The molecule has 1 unspecified atom stereocenters. The fourth-order valence-electron chi connectivity index (χ4n) is 1.67. The summed E-state index contributed by atoms with van der Waals surface area (Å²) in [6.45, 7) is 1.41. The van der Waals surface area contributed by atoms with E-state index in [0.29, 0.717) is 5.75 Å². The minimum absolute atomic E-state index is 0.0502. The molecule has 3 nitrogen and oxygen atoms in total. The van der Waals surface area contributed by atoms with Gasteiger partial charge in [0.25, 0.3) is 0 Å². The SMILES string of the molecule is CC(O)(CCl)c1cc(OC(F)(F)F)ccc1OC1CC1. The molecule has 0 saturated heterocycles. The molecule has 1 aliphatic carbocycles. The number of hydrogen-bond acceptors (Lipinski definition) is 3. The standard InChI is InChI=1S/C13H14ClF3O3/c1-12(18,7-14)10-6-9(20-13(15,16)17)4-5-11(10)19-8-2-3-8/h4-6,8,18H,2-3,7H2,1H3. The normalized spacial score (nSPS) is 18.5. The monoisotopic (exact) mass is 310 g/mol. The van der Waals surface area contributed by atoms with E-state index in [1.165, 1.54) is 13.0 Å². The van der Waals surface area contributed by atoms with E-state index in [9.17, 15) is 18.3 Å². The Kier molecular flexibility index (Phi) is 4.07. The average molecular weight is 311 g/mol. The summed E-state index contributed by atoms with van der Waals surface area (Å²) in [5.41, 5.74) is -1.32. The third-order valence-electron chi connectivity index (χ3n) is 2.84. The highest BCUT2D eigenvalue weighted by Crippen LogP contribution is 2.38. The highest BCUT2D eigenvalue weighted by Gasteiger charge is 2.34. The molecular formula is C13H14ClF3O3.